The van der Waals surface area contributed by atoms with Gasteiger partial charge in [0.05, 0.1) is 6.07 Å². The smallest absolute Gasteiger partial charge is 0.271 e. The summed E-state index contributed by atoms with van der Waals surface area (Å²) in [5, 5.41) is 11.9. The molecule has 0 radical (unpaired) electrons. The number of nitriles is 1. The van der Waals surface area contributed by atoms with Gasteiger partial charge in [-0.25, -0.2) is 4.98 Å². The molecule has 1 aromatic heterocycles. The Morgan fingerprint density at radius 3 is 2.57 bits per heavy atom. The Kier molecular flexibility index (Phi) is 5.45. The van der Waals surface area contributed by atoms with Gasteiger partial charge in [0.2, 0.25) is 0 Å². The van der Waals surface area contributed by atoms with Crippen molar-refractivity contribution in [2.45, 2.75) is 39.1 Å². The predicted octanol–water partition coefficient (Wildman–Crippen LogP) is 2.69. The third-order valence-corrected chi connectivity index (χ3v) is 3.76. The monoisotopic (exact) mass is 307 g/mol. The number of alkyl halides is 1. The van der Waals surface area contributed by atoms with Crippen molar-refractivity contribution in [3.05, 3.63) is 29.1 Å². The second-order valence-corrected chi connectivity index (χ2v) is 5.62. The summed E-state index contributed by atoms with van der Waals surface area (Å²) in [6.45, 7) is 6.66. The van der Waals surface area contributed by atoms with Crippen LogP contribution in [0.4, 0.5) is 0 Å². The zero-order chi connectivity index (χ0) is 16.2. The summed E-state index contributed by atoms with van der Waals surface area (Å²) in [5.41, 5.74) is -0.156. The number of carbonyl (C=O) groups is 2. The van der Waals surface area contributed by atoms with Gasteiger partial charge in [-0.2, -0.15) is 5.26 Å². The molecule has 0 bridgehead atoms. The van der Waals surface area contributed by atoms with E-state index in [2.05, 4.69) is 16.4 Å². The Hall–Kier alpha value is -1.93. The first-order valence-electron chi connectivity index (χ1n) is 6.54. The number of ketones is 1. The first kappa shape index (κ1) is 17.1. The number of nitrogens with one attached hydrogen (secondary N) is 1. The number of halogens is 1. The summed E-state index contributed by atoms with van der Waals surface area (Å²) < 4.78 is 0. The van der Waals surface area contributed by atoms with Crippen LogP contribution in [0.15, 0.2) is 12.3 Å². The highest BCUT2D eigenvalue weighted by atomic mass is 35.5. The van der Waals surface area contributed by atoms with Crippen LogP contribution < -0.4 is 5.32 Å². The van der Waals surface area contributed by atoms with Gasteiger partial charge in [0, 0.05) is 17.6 Å². The molecule has 1 amide bonds. The maximum absolute atomic E-state index is 12.3. The molecular formula is C15H18ClN3O2. The molecule has 1 atom stereocenters. The van der Waals surface area contributed by atoms with Crippen LogP contribution in [0, 0.1) is 17.2 Å². The molecule has 1 N–H and O–H groups in total. The molecule has 1 aromatic rings. The molecule has 112 valence electrons. The summed E-state index contributed by atoms with van der Waals surface area (Å²) in [6, 6.07) is 3.64. The number of aromatic nitrogens is 1. The average Bonchev–Trinajstić information content (AvgIpc) is 2.45. The molecule has 21 heavy (non-hydrogen) atoms. The number of Topliss-reactive ketones (excluding diaryl/α,β-unsaturated/α-hetero) is 1. The molecule has 0 aliphatic carbocycles. The lowest BCUT2D eigenvalue weighted by atomic mass is 9.89. The van der Waals surface area contributed by atoms with Gasteiger partial charge in [-0.15, -0.1) is 11.6 Å². The third-order valence-electron chi connectivity index (χ3n) is 3.45. The van der Waals surface area contributed by atoms with E-state index in [9.17, 15) is 14.9 Å². The zero-order valence-electron chi connectivity index (χ0n) is 12.5. The fourth-order valence-corrected chi connectivity index (χ4v) is 1.77. The fourth-order valence-electron chi connectivity index (χ4n) is 1.63. The van der Waals surface area contributed by atoms with Gasteiger partial charge in [-0.3, -0.25) is 9.59 Å². The number of hydrogen-bond acceptors (Lipinski definition) is 4. The van der Waals surface area contributed by atoms with Crippen LogP contribution in [0.2, 0.25) is 0 Å². The lowest BCUT2D eigenvalue weighted by Crippen LogP contribution is -2.49. The van der Waals surface area contributed by atoms with E-state index in [0.29, 0.717) is 5.56 Å². The summed E-state index contributed by atoms with van der Waals surface area (Å²) in [7, 11) is 0. The maximum atomic E-state index is 12.3. The summed E-state index contributed by atoms with van der Waals surface area (Å²) in [5.74, 6) is -0.701. The van der Waals surface area contributed by atoms with Crippen molar-refractivity contribution in [1.29, 1.82) is 5.26 Å². The Morgan fingerprint density at radius 1 is 1.52 bits per heavy atom. The highest BCUT2D eigenvalue weighted by molar-refractivity contribution is 6.17. The summed E-state index contributed by atoms with van der Waals surface area (Å²) in [4.78, 5) is 28.0. The second kappa shape index (κ2) is 6.68. The summed E-state index contributed by atoms with van der Waals surface area (Å²) in [6.07, 6.45) is 1.45. The van der Waals surface area contributed by atoms with Crippen molar-refractivity contribution in [3.8, 4) is 6.07 Å². The van der Waals surface area contributed by atoms with Crippen molar-refractivity contribution in [1.82, 2.24) is 10.3 Å². The van der Waals surface area contributed by atoms with Gasteiger partial charge in [-0.1, -0.05) is 13.8 Å². The topological polar surface area (TPSA) is 82.8 Å². The number of carbonyl (C=O) groups excluding carboxylic acids is 2. The predicted molar refractivity (Wildman–Crippen MR) is 80.1 cm³/mol. The van der Waals surface area contributed by atoms with Gasteiger partial charge in [0.25, 0.3) is 5.91 Å². The minimum absolute atomic E-state index is 0.0125. The molecule has 0 fully saturated rings. The van der Waals surface area contributed by atoms with E-state index in [1.165, 1.54) is 13.1 Å². The average molecular weight is 308 g/mol. The molecule has 0 spiro atoms. The second-order valence-electron chi connectivity index (χ2n) is 5.35. The lowest BCUT2D eigenvalue weighted by molar-refractivity contribution is 0.0892. The van der Waals surface area contributed by atoms with Crippen LogP contribution in [-0.2, 0) is 5.88 Å². The number of pyridine rings is 1. The van der Waals surface area contributed by atoms with E-state index < -0.39 is 11.4 Å². The Labute approximate surface area is 129 Å². The fraction of sp³-hybridized carbons (Fsp3) is 0.467. The van der Waals surface area contributed by atoms with Crippen LogP contribution in [-0.4, -0.2) is 22.2 Å². The first-order chi connectivity index (χ1) is 9.75. The van der Waals surface area contributed by atoms with E-state index in [1.807, 2.05) is 13.8 Å². The Morgan fingerprint density at radius 2 is 2.14 bits per heavy atom. The number of rotatable bonds is 5. The van der Waals surface area contributed by atoms with Crippen LogP contribution in [0.1, 0.15) is 54.1 Å². The summed E-state index contributed by atoms with van der Waals surface area (Å²) >= 11 is 5.71. The lowest BCUT2D eigenvalue weighted by Gasteiger charge is -2.27. The van der Waals surface area contributed by atoms with Gasteiger partial charge < -0.3 is 5.32 Å². The standard InChI is InChI=1S/C15H18ClN3O2/c1-9(2)15(4,8-17)19-14(21)13-12(10(3)20)5-11(6-16)7-18-13/h5,7,9H,6H2,1-4H3,(H,19,21). The molecule has 0 saturated heterocycles. The third kappa shape index (κ3) is 3.79. The molecule has 1 rings (SSSR count). The van der Waals surface area contributed by atoms with Crippen LogP contribution in [0.25, 0.3) is 0 Å². The van der Waals surface area contributed by atoms with E-state index in [-0.39, 0.29) is 28.8 Å². The van der Waals surface area contributed by atoms with E-state index in [4.69, 9.17) is 11.6 Å². The van der Waals surface area contributed by atoms with Crippen LogP contribution in [0.3, 0.4) is 0 Å². The van der Waals surface area contributed by atoms with Crippen LogP contribution in [0.5, 0.6) is 0 Å². The van der Waals surface area contributed by atoms with Gasteiger partial charge in [-0.05, 0) is 31.4 Å². The van der Waals surface area contributed by atoms with E-state index in [0.717, 1.165) is 0 Å². The maximum Gasteiger partial charge on any atom is 0.271 e. The molecule has 5 nitrogen and oxygen atoms in total. The molecule has 0 saturated carbocycles. The van der Waals surface area contributed by atoms with Crippen molar-refractivity contribution >= 4 is 23.3 Å². The molecule has 1 unspecified atom stereocenters. The Balaban J connectivity index is 3.20. The molecular weight excluding hydrogens is 290 g/mol. The highest BCUT2D eigenvalue weighted by Gasteiger charge is 2.31. The SMILES string of the molecule is CC(=O)c1cc(CCl)cnc1C(=O)NC(C)(C#N)C(C)C. The number of amides is 1. The molecule has 0 aliphatic heterocycles. The van der Waals surface area contributed by atoms with Crippen molar-refractivity contribution < 1.29 is 9.59 Å². The zero-order valence-corrected chi connectivity index (χ0v) is 13.3. The normalized spacial score (nSPS) is 13.4. The minimum atomic E-state index is -1.03. The van der Waals surface area contributed by atoms with Crippen molar-refractivity contribution in [2.75, 3.05) is 0 Å². The Bertz CT molecular complexity index is 607. The molecule has 0 aromatic carbocycles. The van der Waals surface area contributed by atoms with E-state index >= 15 is 0 Å². The van der Waals surface area contributed by atoms with Crippen molar-refractivity contribution in [3.63, 3.8) is 0 Å². The van der Waals surface area contributed by atoms with Gasteiger partial charge in [0.1, 0.15) is 11.2 Å². The van der Waals surface area contributed by atoms with Crippen molar-refractivity contribution in [2.24, 2.45) is 5.92 Å². The number of nitrogens with zero attached hydrogens (tertiary/aromatic N) is 2. The first-order valence-corrected chi connectivity index (χ1v) is 7.08. The number of hydrogen-bond donors (Lipinski definition) is 1. The van der Waals surface area contributed by atoms with Crippen LogP contribution >= 0.6 is 11.6 Å². The van der Waals surface area contributed by atoms with Gasteiger partial charge in [0.15, 0.2) is 5.78 Å². The molecule has 0 aliphatic rings. The molecule has 1 heterocycles. The largest absolute Gasteiger partial charge is 0.332 e. The van der Waals surface area contributed by atoms with E-state index in [1.54, 1.807) is 13.0 Å². The quantitative estimate of drug-likeness (QED) is 0.669. The molecule has 6 heteroatoms. The highest BCUT2D eigenvalue weighted by Crippen LogP contribution is 2.18. The van der Waals surface area contributed by atoms with Gasteiger partial charge >= 0.3 is 0 Å². The minimum Gasteiger partial charge on any atom is -0.332 e.